The van der Waals surface area contributed by atoms with Crippen molar-refractivity contribution < 1.29 is 32.7 Å². The van der Waals surface area contributed by atoms with Crippen LogP contribution >= 0.6 is 0 Å². The fourth-order valence-electron chi connectivity index (χ4n) is 0. The van der Waals surface area contributed by atoms with Crippen molar-refractivity contribution in [1.29, 1.82) is 0 Å². The third-order valence-electron chi connectivity index (χ3n) is 0. The van der Waals surface area contributed by atoms with Crippen LogP contribution in [0.25, 0.3) is 0 Å². The van der Waals surface area contributed by atoms with Gasteiger partial charge in [0.25, 0.3) is 0 Å². The quantitative estimate of drug-likeness (QED) is 0.454. The third-order valence-corrected chi connectivity index (χ3v) is 0. The Kier molecular flexibility index (Phi) is 20.1. The molecule has 0 aliphatic carbocycles. The van der Waals surface area contributed by atoms with Crippen LogP contribution < -0.4 is 0 Å². The Balaban J connectivity index is 0. The molecule has 0 heterocycles. The van der Waals surface area contributed by atoms with Gasteiger partial charge in [-0.1, -0.05) is 0 Å². The Labute approximate surface area is 44.9 Å². The molecule has 0 bridgehead atoms. The molecule has 2 heteroatoms. The summed E-state index contributed by atoms with van der Waals surface area (Å²) in [4.78, 5) is 1.69. The van der Waals surface area contributed by atoms with E-state index in [1.165, 1.54) is 0 Å². The van der Waals surface area contributed by atoms with Crippen molar-refractivity contribution in [1.82, 2.24) is 0 Å². The predicted octanol–water partition coefficient (Wildman–Crippen LogP) is 0.353. The summed E-state index contributed by atoms with van der Waals surface area (Å²) < 4.78 is 0. The smallest absolute Gasteiger partial charge is 0 e. The second kappa shape index (κ2) is 9.08. The van der Waals surface area contributed by atoms with Crippen molar-refractivity contribution in [3.8, 4) is 0 Å². The van der Waals surface area contributed by atoms with E-state index in [-0.39, 0.29) is 17.4 Å². The summed E-state index contributed by atoms with van der Waals surface area (Å²) in [5.41, 5.74) is 0. The van der Waals surface area contributed by atoms with Gasteiger partial charge in [-0.3, -0.25) is 0 Å². The zero-order chi connectivity index (χ0) is 2.71. The van der Waals surface area contributed by atoms with E-state index in [1.807, 2.05) is 6.92 Å². The van der Waals surface area contributed by atoms with Crippen molar-refractivity contribution in [2.45, 2.75) is 6.92 Å². The van der Waals surface area contributed by atoms with E-state index in [0.717, 1.165) is 0 Å². The van der Waals surface area contributed by atoms with Crippen molar-refractivity contribution >= 4 is 4.96 Å². The molecule has 0 aliphatic rings. The number of rotatable bonds is 0. The van der Waals surface area contributed by atoms with Gasteiger partial charge in [-0.2, -0.15) is 0 Å². The number of hydrogen-bond acceptors (Lipinski definition) is 0. The van der Waals surface area contributed by atoms with Crippen LogP contribution in [0.4, 0.5) is 0 Å². The van der Waals surface area contributed by atoms with Gasteiger partial charge in [0.15, 0.2) is 0 Å². The first-order valence-corrected chi connectivity index (χ1v) is 1.37. The van der Waals surface area contributed by atoms with Gasteiger partial charge < -0.3 is 0 Å². The van der Waals surface area contributed by atoms with Crippen LogP contribution in [0.2, 0.25) is 0 Å². The zero-order valence-electron chi connectivity index (χ0n) is 2.32. The maximum Gasteiger partial charge on any atom is 0 e. The Morgan fingerprint density at radius 3 is 1.75 bits per heavy atom. The van der Waals surface area contributed by atoms with Gasteiger partial charge in [0.2, 0.25) is 0 Å². The fourth-order valence-corrected chi connectivity index (χ4v) is 0. The van der Waals surface area contributed by atoms with E-state index in [1.54, 1.807) is 4.96 Å². The number of hydrogen-bond donors (Lipinski definition) is 0. The summed E-state index contributed by atoms with van der Waals surface area (Å²) in [6.07, 6.45) is 0. The van der Waals surface area contributed by atoms with E-state index in [0.29, 0.717) is 0 Å². The van der Waals surface area contributed by atoms with Gasteiger partial charge >= 0.3 is 27.2 Å². The summed E-state index contributed by atoms with van der Waals surface area (Å²) in [6.45, 7) is 1.86. The van der Waals surface area contributed by atoms with E-state index in [4.69, 9.17) is 0 Å². The normalized spacial score (nSPS) is 3.50. The van der Waals surface area contributed by atoms with E-state index in [2.05, 4.69) is 15.3 Å². The average molecular weight is 139 g/mol. The molecular formula is C2H4CoCr. The molecule has 0 atom stereocenters. The molecule has 0 fully saturated rings. The average Bonchev–Trinajstić information content (AvgIpc) is 0.918. The van der Waals surface area contributed by atoms with E-state index in [9.17, 15) is 0 Å². The van der Waals surface area contributed by atoms with Crippen molar-refractivity contribution in [3.05, 3.63) is 0 Å². The van der Waals surface area contributed by atoms with Gasteiger partial charge in [-0.25, -0.2) is 0 Å². The second-order valence-corrected chi connectivity index (χ2v) is 0.793. The van der Waals surface area contributed by atoms with Gasteiger partial charge in [0.05, 0.1) is 0 Å². The van der Waals surface area contributed by atoms with Crippen LogP contribution in [0.3, 0.4) is 0 Å². The fraction of sp³-hybridized carbons (Fsp3) is 0.500. The largest absolute Gasteiger partial charge is 0 e. The van der Waals surface area contributed by atoms with Gasteiger partial charge in [-0.15, -0.1) is 0 Å². The van der Waals surface area contributed by atoms with Gasteiger partial charge in [0, 0.05) is 17.4 Å². The maximum absolute atomic E-state index is 3.70. The molecule has 0 rings (SSSR count). The summed E-state index contributed by atoms with van der Waals surface area (Å²) in [6, 6.07) is 0. The molecule has 0 N–H and O–H groups in total. The van der Waals surface area contributed by atoms with Gasteiger partial charge in [-0.05, 0) is 0 Å². The second-order valence-electron chi connectivity index (χ2n) is 0.192. The molecule has 0 amide bonds. The molecule has 27 valence electrons. The minimum absolute atomic E-state index is 0. The molecule has 0 saturated carbocycles. The molecule has 0 aromatic carbocycles. The molecular weight excluding hydrogens is 135 g/mol. The molecule has 0 aromatic rings. The maximum atomic E-state index is 3.70. The molecule has 0 nitrogen and oxygen atoms in total. The molecule has 0 aliphatic heterocycles. The Morgan fingerprint density at radius 2 is 1.75 bits per heavy atom. The molecule has 0 unspecified atom stereocenters. The third kappa shape index (κ3) is 12.8. The SMILES string of the molecule is C[CH]=[Co].[Cr]. The monoisotopic (exact) mass is 139 g/mol. The van der Waals surface area contributed by atoms with Crippen LogP contribution in [0.15, 0.2) is 0 Å². The summed E-state index contributed by atoms with van der Waals surface area (Å²) >= 11 is 3.70. The van der Waals surface area contributed by atoms with Crippen molar-refractivity contribution in [3.63, 3.8) is 0 Å². The van der Waals surface area contributed by atoms with Crippen molar-refractivity contribution in [2.24, 2.45) is 0 Å². The van der Waals surface area contributed by atoms with Crippen LogP contribution in [0, 0.1) is 0 Å². The first-order valence-electron chi connectivity index (χ1n) is 0.770. The van der Waals surface area contributed by atoms with Crippen LogP contribution in [0.1, 0.15) is 6.92 Å². The van der Waals surface area contributed by atoms with Gasteiger partial charge in [0.1, 0.15) is 0 Å². The molecule has 0 spiro atoms. The summed E-state index contributed by atoms with van der Waals surface area (Å²) in [5.74, 6) is 0. The van der Waals surface area contributed by atoms with Crippen LogP contribution in [-0.4, -0.2) is 4.96 Å². The Bertz CT molecular complexity index is 13.5. The zero-order valence-corrected chi connectivity index (χ0v) is 4.63. The summed E-state index contributed by atoms with van der Waals surface area (Å²) in [7, 11) is 0. The van der Waals surface area contributed by atoms with E-state index < -0.39 is 0 Å². The minimum Gasteiger partial charge on any atom is 0 e. The molecule has 0 saturated heterocycles. The van der Waals surface area contributed by atoms with Crippen molar-refractivity contribution in [2.75, 3.05) is 0 Å². The molecule has 0 radical (unpaired) electrons. The Hall–Kier alpha value is 0.909. The van der Waals surface area contributed by atoms with Crippen LogP contribution in [-0.2, 0) is 32.7 Å². The molecule has 0 aromatic heterocycles. The topological polar surface area (TPSA) is 0 Å². The first-order chi connectivity index (χ1) is 1.41. The first kappa shape index (κ1) is 8.86. The van der Waals surface area contributed by atoms with E-state index >= 15 is 0 Å². The minimum atomic E-state index is 0. The molecule has 4 heavy (non-hydrogen) atoms. The van der Waals surface area contributed by atoms with Crippen LogP contribution in [0.5, 0.6) is 0 Å². The standard InChI is InChI=1S/C2H4.Co.Cr/c1-2;;/h1H,2H3;;. The summed E-state index contributed by atoms with van der Waals surface area (Å²) in [5, 5.41) is 0. The Morgan fingerprint density at radius 1 is 1.75 bits per heavy atom. The predicted molar refractivity (Wildman–Crippen MR) is 11.7 cm³/mol.